The van der Waals surface area contributed by atoms with Gasteiger partial charge < -0.3 is 10.6 Å². The van der Waals surface area contributed by atoms with Gasteiger partial charge in [0.1, 0.15) is 0 Å². The van der Waals surface area contributed by atoms with E-state index in [0.717, 1.165) is 19.5 Å². The topological polar surface area (TPSA) is 46.3 Å². The Morgan fingerprint density at radius 2 is 2.18 bits per heavy atom. The molecule has 3 heteroatoms. The fourth-order valence-electron chi connectivity index (χ4n) is 2.30. The van der Waals surface area contributed by atoms with E-state index in [1.807, 2.05) is 23.1 Å². The molecule has 1 aliphatic heterocycles. The molecule has 0 aliphatic carbocycles. The van der Waals surface area contributed by atoms with Gasteiger partial charge in [-0.1, -0.05) is 37.3 Å². The molecule has 1 heterocycles. The molecular formula is C14H20N2O. The number of benzene rings is 1. The van der Waals surface area contributed by atoms with Gasteiger partial charge in [0.15, 0.2) is 0 Å². The van der Waals surface area contributed by atoms with E-state index < -0.39 is 0 Å². The molecule has 3 nitrogen and oxygen atoms in total. The van der Waals surface area contributed by atoms with Crippen LogP contribution in [0.15, 0.2) is 30.3 Å². The maximum Gasteiger partial charge on any atom is 0.223 e. The highest BCUT2D eigenvalue weighted by atomic mass is 16.2. The zero-order valence-electron chi connectivity index (χ0n) is 10.3. The standard InChI is InChI=1S/C14H20N2O/c1-11(12-5-3-2-4-6-12)9-14(17)16-8-7-13(15)10-16/h2-6,11,13H,7-10,15H2,1H3/t11-,13-/m0/s1. The smallest absolute Gasteiger partial charge is 0.223 e. The van der Waals surface area contributed by atoms with Crippen LogP contribution in [-0.2, 0) is 4.79 Å². The fraction of sp³-hybridized carbons (Fsp3) is 0.500. The van der Waals surface area contributed by atoms with Gasteiger partial charge in [0.25, 0.3) is 0 Å². The Balaban J connectivity index is 1.91. The fourth-order valence-corrected chi connectivity index (χ4v) is 2.30. The molecule has 1 amide bonds. The van der Waals surface area contributed by atoms with Gasteiger partial charge in [-0.15, -0.1) is 0 Å². The molecule has 1 aromatic rings. The van der Waals surface area contributed by atoms with Gasteiger partial charge in [0, 0.05) is 25.6 Å². The molecule has 0 bridgehead atoms. The number of likely N-dealkylation sites (tertiary alicyclic amines) is 1. The molecule has 17 heavy (non-hydrogen) atoms. The zero-order chi connectivity index (χ0) is 12.3. The number of amides is 1. The number of hydrogen-bond acceptors (Lipinski definition) is 2. The highest BCUT2D eigenvalue weighted by molar-refractivity contribution is 5.77. The van der Waals surface area contributed by atoms with Crippen LogP contribution in [0.2, 0.25) is 0 Å². The number of carbonyl (C=O) groups excluding carboxylic acids is 1. The lowest BCUT2D eigenvalue weighted by Gasteiger charge is -2.18. The predicted molar refractivity (Wildman–Crippen MR) is 68.6 cm³/mol. The summed E-state index contributed by atoms with van der Waals surface area (Å²) in [4.78, 5) is 13.9. The molecule has 1 aromatic carbocycles. The van der Waals surface area contributed by atoms with E-state index in [-0.39, 0.29) is 17.9 Å². The van der Waals surface area contributed by atoms with Crippen molar-refractivity contribution in [3.63, 3.8) is 0 Å². The lowest BCUT2D eigenvalue weighted by atomic mass is 9.97. The molecule has 0 saturated carbocycles. The SMILES string of the molecule is C[C@@H](CC(=O)N1CC[C@H](N)C1)c1ccccc1. The molecule has 0 aromatic heterocycles. The van der Waals surface area contributed by atoms with Gasteiger partial charge in [0.2, 0.25) is 5.91 Å². The van der Waals surface area contributed by atoms with E-state index in [0.29, 0.717) is 6.42 Å². The van der Waals surface area contributed by atoms with Crippen LogP contribution in [0.4, 0.5) is 0 Å². The molecule has 1 aliphatic rings. The summed E-state index contributed by atoms with van der Waals surface area (Å²) in [6.07, 6.45) is 1.52. The highest BCUT2D eigenvalue weighted by Crippen LogP contribution is 2.20. The van der Waals surface area contributed by atoms with Crippen LogP contribution in [0, 0.1) is 0 Å². The lowest BCUT2D eigenvalue weighted by Crippen LogP contribution is -2.32. The minimum absolute atomic E-state index is 0.172. The minimum Gasteiger partial charge on any atom is -0.341 e. The van der Waals surface area contributed by atoms with Crippen molar-refractivity contribution in [3.8, 4) is 0 Å². The number of nitrogens with two attached hydrogens (primary N) is 1. The third kappa shape index (κ3) is 3.07. The summed E-state index contributed by atoms with van der Waals surface area (Å²) in [6.45, 7) is 3.64. The monoisotopic (exact) mass is 232 g/mol. The number of hydrogen-bond donors (Lipinski definition) is 1. The Morgan fingerprint density at radius 1 is 1.47 bits per heavy atom. The second kappa shape index (κ2) is 5.32. The number of rotatable bonds is 3. The Bertz CT molecular complexity index is 377. The Labute approximate surface area is 103 Å². The third-order valence-corrected chi connectivity index (χ3v) is 3.43. The average Bonchev–Trinajstić information content (AvgIpc) is 2.77. The average molecular weight is 232 g/mol. The van der Waals surface area contributed by atoms with E-state index >= 15 is 0 Å². The van der Waals surface area contributed by atoms with Gasteiger partial charge in [-0.05, 0) is 17.9 Å². The van der Waals surface area contributed by atoms with Gasteiger partial charge in [-0.2, -0.15) is 0 Å². The summed E-state index contributed by atoms with van der Waals surface area (Å²) in [7, 11) is 0. The Morgan fingerprint density at radius 3 is 2.76 bits per heavy atom. The molecule has 1 fully saturated rings. The molecule has 2 rings (SSSR count). The van der Waals surface area contributed by atoms with E-state index in [9.17, 15) is 4.79 Å². The summed E-state index contributed by atoms with van der Waals surface area (Å²) < 4.78 is 0. The minimum atomic E-state index is 0.172. The van der Waals surface area contributed by atoms with Crippen LogP contribution in [0.1, 0.15) is 31.2 Å². The first-order valence-electron chi connectivity index (χ1n) is 6.25. The summed E-state index contributed by atoms with van der Waals surface area (Å²) in [5, 5.41) is 0. The Kier molecular flexibility index (Phi) is 3.79. The molecule has 2 atom stereocenters. The molecule has 0 spiro atoms. The van der Waals surface area contributed by atoms with Crippen molar-refractivity contribution in [2.75, 3.05) is 13.1 Å². The molecule has 92 valence electrons. The molecule has 2 N–H and O–H groups in total. The van der Waals surface area contributed by atoms with Crippen molar-refractivity contribution in [1.82, 2.24) is 4.90 Å². The van der Waals surface area contributed by atoms with Crippen LogP contribution in [0.3, 0.4) is 0 Å². The first-order valence-corrected chi connectivity index (χ1v) is 6.25. The maximum absolute atomic E-state index is 12.0. The van der Waals surface area contributed by atoms with E-state index in [2.05, 4.69) is 19.1 Å². The van der Waals surface area contributed by atoms with Crippen LogP contribution in [0.5, 0.6) is 0 Å². The first-order chi connectivity index (χ1) is 8.16. The van der Waals surface area contributed by atoms with E-state index in [1.54, 1.807) is 0 Å². The number of nitrogens with zero attached hydrogens (tertiary/aromatic N) is 1. The van der Waals surface area contributed by atoms with Crippen molar-refractivity contribution in [2.24, 2.45) is 5.73 Å². The van der Waals surface area contributed by atoms with Crippen LogP contribution >= 0.6 is 0 Å². The molecule has 0 unspecified atom stereocenters. The van der Waals surface area contributed by atoms with Crippen molar-refractivity contribution in [1.29, 1.82) is 0 Å². The summed E-state index contributed by atoms with van der Waals surface area (Å²) in [5.74, 6) is 0.509. The van der Waals surface area contributed by atoms with Crippen molar-refractivity contribution in [2.45, 2.75) is 31.7 Å². The largest absolute Gasteiger partial charge is 0.341 e. The second-order valence-electron chi connectivity index (χ2n) is 4.90. The number of carbonyl (C=O) groups is 1. The normalized spacial score (nSPS) is 21.5. The summed E-state index contributed by atoms with van der Waals surface area (Å²) >= 11 is 0. The van der Waals surface area contributed by atoms with Crippen molar-refractivity contribution < 1.29 is 4.79 Å². The predicted octanol–water partition coefficient (Wildman–Crippen LogP) is 1.74. The third-order valence-electron chi connectivity index (χ3n) is 3.43. The van der Waals surface area contributed by atoms with E-state index in [4.69, 9.17) is 5.73 Å². The van der Waals surface area contributed by atoms with E-state index in [1.165, 1.54) is 5.56 Å². The quantitative estimate of drug-likeness (QED) is 0.863. The Hall–Kier alpha value is -1.35. The summed E-state index contributed by atoms with van der Waals surface area (Å²) in [6, 6.07) is 10.4. The van der Waals surface area contributed by atoms with Crippen molar-refractivity contribution in [3.05, 3.63) is 35.9 Å². The maximum atomic E-state index is 12.0. The molecule has 0 radical (unpaired) electrons. The highest BCUT2D eigenvalue weighted by Gasteiger charge is 2.24. The van der Waals surface area contributed by atoms with Crippen LogP contribution < -0.4 is 5.73 Å². The summed E-state index contributed by atoms with van der Waals surface area (Å²) in [5.41, 5.74) is 7.04. The van der Waals surface area contributed by atoms with Gasteiger partial charge in [-0.25, -0.2) is 0 Å². The molecular weight excluding hydrogens is 212 g/mol. The molecule has 1 saturated heterocycles. The van der Waals surface area contributed by atoms with Gasteiger partial charge in [0.05, 0.1) is 0 Å². The van der Waals surface area contributed by atoms with Gasteiger partial charge >= 0.3 is 0 Å². The second-order valence-corrected chi connectivity index (χ2v) is 4.90. The van der Waals surface area contributed by atoms with Crippen molar-refractivity contribution >= 4 is 5.91 Å². The lowest BCUT2D eigenvalue weighted by molar-refractivity contribution is -0.130. The van der Waals surface area contributed by atoms with Crippen LogP contribution in [-0.4, -0.2) is 29.9 Å². The van der Waals surface area contributed by atoms with Crippen LogP contribution in [0.25, 0.3) is 0 Å². The zero-order valence-corrected chi connectivity index (χ0v) is 10.3. The first kappa shape index (κ1) is 12.1. The van der Waals surface area contributed by atoms with Gasteiger partial charge in [-0.3, -0.25) is 4.79 Å².